The molecule has 39 heavy (non-hydrogen) atoms. The lowest BCUT2D eigenvalue weighted by atomic mass is 10.8. The predicted molar refractivity (Wildman–Crippen MR) is 169 cm³/mol. The number of nitrogens with one attached hydrogen (secondary N) is 2. The van der Waals surface area contributed by atoms with Gasteiger partial charge in [0, 0.05) is 15.9 Å². The third-order valence-electron chi connectivity index (χ3n) is 2.87. The molecule has 0 aromatic heterocycles. The first-order chi connectivity index (χ1) is 19.2. The van der Waals surface area contributed by atoms with Crippen molar-refractivity contribution in [2.45, 2.75) is 0 Å². The summed E-state index contributed by atoms with van der Waals surface area (Å²) in [6, 6.07) is 0. The van der Waals surface area contributed by atoms with Crippen molar-refractivity contribution in [3.05, 3.63) is 0 Å². The van der Waals surface area contributed by atoms with E-state index >= 15 is 0 Å². The van der Waals surface area contributed by atoms with E-state index in [0.717, 1.165) is 34.0 Å². The topological polar surface area (TPSA) is 179 Å². The second-order valence-electron chi connectivity index (χ2n) is 5.52. The van der Waals surface area contributed by atoms with Gasteiger partial charge in [0.15, 0.2) is 0 Å². The van der Waals surface area contributed by atoms with Gasteiger partial charge in [-0.25, -0.2) is 19.6 Å². The first kappa shape index (κ1) is 39.1. The summed E-state index contributed by atoms with van der Waals surface area (Å²) in [6.45, 7) is 0.279. The Hall–Kier alpha value is 0.120. The van der Waals surface area contributed by atoms with Gasteiger partial charge >= 0.3 is 12.2 Å². The van der Waals surface area contributed by atoms with Crippen LogP contribution in [0.15, 0.2) is 9.98 Å². The lowest BCUT2D eigenvalue weighted by Crippen LogP contribution is -2.24. The van der Waals surface area contributed by atoms with E-state index in [1.165, 1.54) is 59.8 Å². The molecule has 22 heteroatoms. The zero-order valence-corrected chi connectivity index (χ0v) is 27.2. The molecule has 2 amide bonds. The van der Waals surface area contributed by atoms with E-state index in [2.05, 4.69) is 25.5 Å². The summed E-state index contributed by atoms with van der Waals surface area (Å²) in [4.78, 5) is 45.0. The summed E-state index contributed by atoms with van der Waals surface area (Å²) in [5.74, 6) is 2.66. The molecule has 0 spiro atoms. The van der Waals surface area contributed by atoms with E-state index in [-0.39, 0.29) is 30.4 Å². The van der Waals surface area contributed by atoms with Crippen molar-refractivity contribution in [1.82, 2.24) is 10.6 Å². The van der Waals surface area contributed by atoms with Gasteiger partial charge in [-0.05, 0) is 0 Å². The van der Waals surface area contributed by atoms with Crippen molar-refractivity contribution >= 4 is 119 Å². The molecule has 0 saturated carbocycles. The molecule has 0 aliphatic rings. The minimum Gasteiger partial charge on any atom is -0.449 e. The molecule has 0 aromatic rings. The SMILES string of the molecule is O=C(NCSCSCN=COOCSCO)OCCSCSOOC=NCSCSCNC(=O)OCSCO. The molecule has 0 unspecified atom stereocenters. The number of rotatable bonds is 28. The van der Waals surface area contributed by atoms with Crippen molar-refractivity contribution in [2.24, 2.45) is 9.98 Å². The van der Waals surface area contributed by atoms with Gasteiger partial charge in [-0.1, -0.05) is 11.8 Å². The third kappa shape index (κ3) is 34.2. The fourth-order valence-corrected chi connectivity index (χ4v) is 6.07. The number of hydrogen-bond donors (Lipinski definition) is 4. The highest BCUT2D eigenvalue weighted by molar-refractivity contribution is 8.16. The van der Waals surface area contributed by atoms with Crippen LogP contribution in [-0.4, -0.2) is 110 Å². The van der Waals surface area contributed by atoms with Gasteiger partial charge in [0.05, 0.1) is 52.5 Å². The number of alkyl carbamates (subject to hydrolysis) is 2. The van der Waals surface area contributed by atoms with Gasteiger partial charge in [0.2, 0.25) is 12.8 Å². The van der Waals surface area contributed by atoms with Crippen LogP contribution in [0.4, 0.5) is 9.59 Å². The number of hydrogen-bond acceptors (Lipinski definition) is 20. The van der Waals surface area contributed by atoms with E-state index < -0.39 is 12.2 Å². The number of aliphatic imine (C=N–C) groups is 2. The van der Waals surface area contributed by atoms with Gasteiger partial charge in [0.25, 0.3) is 0 Å². The standard InChI is InChI=1S/C17H32N4O10S8/c22-9-37-11-27-17(25)21-8-36-14-34-6-19-4-29-31-39-15-32-2-1-26-16(24)20-7-35-13-33-5-18-3-28-30-12-38-10-23/h3-4,22-23H,1-2,5-15H2,(H,20,24)(H,21,25). The predicted octanol–water partition coefficient (Wildman–Crippen LogP) is 3.69. The molecule has 0 atom stereocenters. The summed E-state index contributed by atoms with van der Waals surface area (Å²) >= 11 is 11.0. The highest BCUT2D eigenvalue weighted by atomic mass is 32.2. The van der Waals surface area contributed by atoms with Crippen molar-refractivity contribution in [3.63, 3.8) is 0 Å². The molecule has 4 N–H and O–H groups in total. The molecule has 0 heterocycles. The lowest BCUT2D eigenvalue weighted by molar-refractivity contribution is -0.196. The Kier molecular flexibility index (Phi) is 34.4. The first-order valence-corrected chi connectivity index (χ1v) is 19.5. The van der Waals surface area contributed by atoms with Crippen LogP contribution in [0.1, 0.15) is 0 Å². The van der Waals surface area contributed by atoms with E-state index in [1.807, 2.05) is 0 Å². The Balaban J connectivity index is 3.28. The number of aliphatic hydroxyl groups is 2. The molecular formula is C17H32N4O10S8. The minimum absolute atomic E-state index is 0.0322. The van der Waals surface area contributed by atoms with Crippen LogP contribution in [0.25, 0.3) is 0 Å². The maximum Gasteiger partial charge on any atom is 0.408 e. The molecular weight excluding hydrogens is 677 g/mol. The highest BCUT2D eigenvalue weighted by Gasteiger charge is 2.02. The molecule has 14 nitrogen and oxygen atoms in total. The average Bonchev–Trinajstić information content (AvgIpc) is 2.93. The fourth-order valence-electron chi connectivity index (χ4n) is 1.44. The van der Waals surface area contributed by atoms with E-state index in [1.54, 1.807) is 23.5 Å². The average molecular weight is 709 g/mol. The summed E-state index contributed by atoms with van der Waals surface area (Å²) in [7, 11) is 0. The monoisotopic (exact) mass is 708 g/mol. The Morgan fingerprint density at radius 1 is 0.718 bits per heavy atom. The molecule has 0 aliphatic carbocycles. The Bertz CT molecular complexity index is 634. The molecule has 228 valence electrons. The number of thioether (sulfide) groups is 7. The van der Waals surface area contributed by atoms with Crippen molar-refractivity contribution in [1.29, 1.82) is 0 Å². The number of ether oxygens (including phenoxy) is 2. The zero-order chi connectivity index (χ0) is 28.5. The maximum atomic E-state index is 11.6. The van der Waals surface area contributed by atoms with Gasteiger partial charge in [-0.2, -0.15) is 4.89 Å². The van der Waals surface area contributed by atoms with Crippen LogP contribution < -0.4 is 10.6 Å². The van der Waals surface area contributed by atoms with E-state index in [4.69, 9.17) is 33.8 Å². The molecule has 0 fully saturated rings. The van der Waals surface area contributed by atoms with Crippen molar-refractivity contribution in [3.8, 4) is 0 Å². The second kappa shape index (κ2) is 34.3. The van der Waals surface area contributed by atoms with Gasteiger partial charge in [-0.3, -0.25) is 0 Å². The van der Waals surface area contributed by atoms with Crippen LogP contribution in [0.3, 0.4) is 0 Å². The lowest BCUT2D eigenvalue weighted by Gasteiger charge is -2.06. The number of aliphatic hydroxyl groups excluding tert-OH is 2. The van der Waals surface area contributed by atoms with Crippen LogP contribution in [-0.2, 0) is 28.5 Å². The molecule has 0 rings (SSSR count). The van der Waals surface area contributed by atoms with E-state index in [9.17, 15) is 9.59 Å². The Labute approximate surface area is 261 Å². The number of carbonyl (C=O) groups is 2. The van der Waals surface area contributed by atoms with Crippen LogP contribution in [0, 0.1) is 0 Å². The largest absolute Gasteiger partial charge is 0.449 e. The van der Waals surface area contributed by atoms with Gasteiger partial charge in [0.1, 0.15) is 18.5 Å². The van der Waals surface area contributed by atoms with Gasteiger partial charge in [-0.15, -0.1) is 74.9 Å². The molecule has 0 aromatic carbocycles. The molecule has 0 saturated heterocycles. The minimum atomic E-state index is -0.518. The van der Waals surface area contributed by atoms with Crippen molar-refractivity contribution in [2.75, 3.05) is 74.9 Å². The van der Waals surface area contributed by atoms with Crippen LogP contribution >= 0.6 is 94.4 Å². The summed E-state index contributed by atoms with van der Waals surface area (Å²) < 4.78 is 14.8. The van der Waals surface area contributed by atoms with Crippen LogP contribution in [0.5, 0.6) is 0 Å². The third-order valence-corrected chi connectivity index (χ3v) is 9.49. The quantitative estimate of drug-likeness (QED) is 0.0176. The summed E-state index contributed by atoms with van der Waals surface area (Å²) in [6.07, 6.45) is 1.43. The Morgan fingerprint density at radius 3 is 2.00 bits per heavy atom. The number of carbonyl (C=O) groups excluding carboxylic acids is 2. The van der Waals surface area contributed by atoms with Crippen LogP contribution in [0.2, 0.25) is 0 Å². The summed E-state index contributed by atoms with van der Waals surface area (Å²) in [5, 5.41) is 24.4. The maximum absolute atomic E-state index is 11.6. The number of amides is 2. The smallest absolute Gasteiger partial charge is 0.408 e. The highest BCUT2D eigenvalue weighted by Crippen LogP contribution is 2.14. The normalized spacial score (nSPS) is 11.1. The summed E-state index contributed by atoms with van der Waals surface area (Å²) in [5.41, 5.74) is 0. The van der Waals surface area contributed by atoms with E-state index in [0.29, 0.717) is 34.3 Å². The molecule has 0 bridgehead atoms. The second-order valence-corrected chi connectivity index (χ2v) is 14.1. The fraction of sp³-hybridized carbons (Fsp3) is 0.765. The molecule has 0 radical (unpaired) electrons. The Morgan fingerprint density at radius 2 is 1.33 bits per heavy atom. The number of nitrogens with zero attached hydrogens (tertiary/aromatic N) is 2. The zero-order valence-electron chi connectivity index (χ0n) is 20.7. The first-order valence-electron chi connectivity index (χ1n) is 10.5. The van der Waals surface area contributed by atoms with Crippen molar-refractivity contribution < 1.29 is 48.3 Å². The van der Waals surface area contributed by atoms with Gasteiger partial charge < -0.3 is 40.1 Å². The molecule has 0 aliphatic heterocycles.